The molecule has 1 aliphatic carbocycles. The average Bonchev–Trinajstić information content (AvgIpc) is 2.95. The van der Waals surface area contributed by atoms with Crippen LogP contribution >= 0.6 is 11.3 Å². The molecule has 1 N–H and O–H groups in total. The summed E-state index contributed by atoms with van der Waals surface area (Å²) in [6, 6.07) is 0.299. The minimum Gasteiger partial charge on any atom is -0.360 e. The number of aromatic nitrogens is 2. The number of nitro groups is 1. The summed E-state index contributed by atoms with van der Waals surface area (Å²) < 4.78 is 1.53. The molecule has 96 valence electrons. The third-order valence-electron chi connectivity index (χ3n) is 3.59. The van der Waals surface area contributed by atoms with Gasteiger partial charge in [0, 0.05) is 11.4 Å². The molecule has 1 saturated carbocycles. The van der Waals surface area contributed by atoms with Crippen LogP contribution in [0.3, 0.4) is 0 Å². The van der Waals surface area contributed by atoms with E-state index in [1.54, 1.807) is 11.6 Å². The standard InChI is InChI=1S/C11H14N4O2S/c1-7-3-2-4-8(7)12-9-10(15(16)17)14-5-6-18-11(14)13-9/h5-8,12H,2-4H2,1H3. The molecule has 0 bridgehead atoms. The van der Waals surface area contributed by atoms with E-state index in [0.717, 1.165) is 6.42 Å². The highest BCUT2D eigenvalue weighted by atomic mass is 32.1. The maximum atomic E-state index is 11.2. The largest absolute Gasteiger partial charge is 0.372 e. The van der Waals surface area contributed by atoms with Gasteiger partial charge in [-0.2, -0.15) is 9.38 Å². The lowest BCUT2D eigenvalue weighted by atomic mass is 10.1. The SMILES string of the molecule is CC1CCCC1Nc1nc2sccn2c1[N+](=O)[O-]. The molecule has 0 saturated heterocycles. The molecular formula is C11H14N4O2S. The minimum atomic E-state index is -0.366. The van der Waals surface area contributed by atoms with Crippen molar-refractivity contribution in [2.45, 2.75) is 32.2 Å². The smallest absolute Gasteiger partial charge is 0.360 e. The Morgan fingerprint density at radius 3 is 3.11 bits per heavy atom. The topological polar surface area (TPSA) is 72.5 Å². The number of anilines is 1. The summed E-state index contributed by atoms with van der Waals surface area (Å²) in [4.78, 5) is 15.8. The Labute approximate surface area is 108 Å². The Hall–Kier alpha value is -1.63. The normalized spacial score (nSPS) is 23.6. The van der Waals surface area contributed by atoms with E-state index in [4.69, 9.17) is 0 Å². The fraction of sp³-hybridized carbons (Fsp3) is 0.545. The van der Waals surface area contributed by atoms with Crippen LogP contribution in [-0.4, -0.2) is 20.3 Å². The van der Waals surface area contributed by atoms with Gasteiger partial charge in [0.15, 0.2) is 0 Å². The van der Waals surface area contributed by atoms with Crippen LogP contribution in [0.5, 0.6) is 0 Å². The molecule has 3 rings (SSSR count). The van der Waals surface area contributed by atoms with Crippen molar-refractivity contribution >= 4 is 27.9 Å². The molecule has 1 aliphatic rings. The number of nitrogens with one attached hydrogen (secondary N) is 1. The highest BCUT2D eigenvalue weighted by Crippen LogP contribution is 2.33. The zero-order valence-corrected chi connectivity index (χ0v) is 10.8. The fourth-order valence-corrected chi connectivity index (χ4v) is 3.29. The molecule has 2 aromatic heterocycles. The number of rotatable bonds is 3. The maximum Gasteiger partial charge on any atom is 0.372 e. The summed E-state index contributed by atoms with van der Waals surface area (Å²) in [5, 5.41) is 16.2. The molecular weight excluding hydrogens is 252 g/mol. The maximum absolute atomic E-state index is 11.2. The zero-order valence-electron chi connectivity index (χ0n) is 10.00. The van der Waals surface area contributed by atoms with Crippen LogP contribution in [0, 0.1) is 16.0 Å². The van der Waals surface area contributed by atoms with E-state index in [1.807, 2.05) is 0 Å². The first-order valence-electron chi connectivity index (χ1n) is 6.03. The highest BCUT2D eigenvalue weighted by Gasteiger charge is 2.29. The lowest BCUT2D eigenvalue weighted by molar-refractivity contribution is -0.389. The van der Waals surface area contributed by atoms with Crippen LogP contribution in [0.2, 0.25) is 0 Å². The lowest BCUT2D eigenvalue weighted by Gasteiger charge is -2.16. The van der Waals surface area contributed by atoms with Gasteiger partial charge in [0.05, 0.1) is 0 Å². The molecule has 0 spiro atoms. The van der Waals surface area contributed by atoms with Crippen LogP contribution in [0.1, 0.15) is 26.2 Å². The first-order chi connectivity index (χ1) is 8.66. The molecule has 6 nitrogen and oxygen atoms in total. The van der Waals surface area contributed by atoms with Crippen molar-refractivity contribution in [3.05, 3.63) is 21.7 Å². The van der Waals surface area contributed by atoms with Crippen LogP contribution < -0.4 is 5.32 Å². The molecule has 0 aromatic carbocycles. The Kier molecular flexibility index (Phi) is 2.70. The van der Waals surface area contributed by atoms with Gasteiger partial charge in [0.2, 0.25) is 5.82 Å². The Morgan fingerprint density at radius 2 is 2.44 bits per heavy atom. The van der Waals surface area contributed by atoms with Gasteiger partial charge in [-0.25, -0.2) is 0 Å². The van der Waals surface area contributed by atoms with Crippen LogP contribution in [0.25, 0.3) is 4.96 Å². The van der Waals surface area contributed by atoms with E-state index in [-0.39, 0.29) is 10.7 Å². The Bertz CT molecular complexity index is 591. The summed E-state index contributed by atoms with van der Waals surface area (Å²) in [7, 11) is 0. The van der Waals surface area contributed by atoms with Gasteiger partial charge in [0.1, 0.15) is 6.20 Å². The number of nitrogens with zero attached hydrogens (tertiary/aromatic N) is 3. The average molecular weight is 266 g/mol. The van der Waals surface area contributed by atoms with Gasteiger partial charge in [-0.15, -0.1) is 0 Å². The molecule has 1 fully saturated rings. The van der Waals surface area contributed by atoms with E-state index >= 15 is 0 Å². The first-order valence-corrected chi connectivity index (χ1v) is 6.91. The lowest BCUT2D eigenvalue weighted by Crippen LogP contribution is -2.22. The van der Waals surface area contributed by atoms with Gasteiger partial charge in [-0.1, -0.05) is 24.7 Å². The Morgan fingerprint density at radius 1 is 1.61 bits per heavy atom. The highest BCUT2D eigenvalue weighted by molar-refractivity contribution is 7.15. The first kappa shape index (κ1) is 11.5. The molecule has 7 heteroatoms. The third kappa shape index (κ3) is 1.74. The van der Waals surface area contributed by atoms with Crippen molar-refractivity contribution in [3.63, 3.8) is 0 Å². The van der Waals surface area contributed by atoms with Crippen LogP contribution in [0.15, 0.2) is 11.6 Å². The summed E-state index contributed by atoms with van der Waals surface area (Å²) in [6.07, 6.45) is 5.10. The molecule has 2 heterocycles. The van der Waals surface area contributed by atoms with Crippen molar-refractivity contribution in [2.75, 3.05) is 5.32 Å². The molecule has 0 aliphatic heterocycles. The van der Waals surface area contributed by atoms with Crippen molar-refractivity contribution < 1.29 is 4.92 Å². The van der Waals surface area contributed by atoms with Crippen molar-refractivity contribution in [1.82, 2.24) is 9.38 Å². The predicted molar refractivity (Wildman–Crippen MR) is 70.1 cm³/mol. The fourth-order valence-electron chi connectivity index (χ4n) is 2.58. The summed E-state index contributed by atoms with van der Waals surface area (Å²) >= 11 is 1.41. The van der Waals surface area contributed by atoms with Crippen molar-refractivity contribution in [1.29, 1.82) is 0 Å². The number of thiazole rings is 1. The third-order valence-corrected chi connectivity index (χ3v) is 4.35. The summed E-state index contributed by atoms with van der Waals surface area (Å²) in [5.41, 5.74) is 0. The second kappa shape index (κ2) is 4.24. The molecule has 18 heavy (non-hydrogen) atoms. The number of fused-ring (bicyclic) bond motifs is 1. The number of imidazole rings is 1. The van der Waals surface area contributed by atoms with E-state index in [0.29, 0.717) is 22.7 Å². The summed E-state index contributed by atoms with van der Waals surface area (Å²) in [6.45, 7) is 2.18. The molecule has 0 amide bonds. The number of hydrogen-bond acceptors (Lipinski definition) is 5. The van der Waals surface area contributed by atoms with E-state index in [1.165, 1.54) is 28.6 Å². The van der Waals surface area contributed by atoms with Gasteiger partial charge in [-0.3, -0.25) is 0 Å². The van der Waals surface area contributed by atoms with E-state index in [2.05, 4.69) is 17.2 Å². The second-order valence-electron chi connectivity index (χ2n) is 4.76. The van der Waals surface area contributed by atoms with Gasteiger partial charge < -0.3 is 15.4 Å². The quantitative estimate of drug-likeness (QED) is 0.684. The van der Waals surface area contributed by atoms with Crippen LogP contribution in [-0.2, 0) is 0 Å². The monoisotopic (exact) mass is 266 g/mol. The summed E-state index contributed by atoms with van der Waals surface area (Å²) in [5.74, 6) is 1.00. The van der Waals surface area contributed by atoms with Crippen molar-refractivity contribution in [3.8, 4) is 0 Å². The molecule has 2 unspecified atom stereocenters. The molecule has 2 aromatic rings. The van der Waals surface area contributed by atoms with E-state index in [9.17, 15) is 10.1 Å². The van der Waals surface area contributed by atoms with Gasteiger partial charge >= 0.3 is 5.82 Å². The predicted octanol–water partition coefficient (Wildman–Crippen LogP) is 2.90. The van der Waals surface area contributed by atoms with E-state index < -0.39 is 0 Å². The Balaban J connectivity index is 1.97. The molecule has 2 atom stereocenters. The van der Waals surface area contributed by atoms with Crippen molar-refractivity contribution in [2.24, 2.45) is 5.92 Å². The second-order valence-corrected chi connectivity index (χ2v) is 5.63. The van der Waals surface area contributed by atoms with Gasteiger partial charge in [-0.05, 0) is 23.7 Å². The van der Waals surface area contributed by atoms with Gasteiger partial charge in [0.25, 0.3) is 4.96 Å². The zero-order chi connectivity index (χ0) is 12.7. The molecule has 0 radical (unpaired) electrons. The number of hydrogen-bond donors (Lipinski definition) is 1. The minimum absolute atomic E-state index is 0.0466. The van der Waals surface area contributed by atoms with Crippen LogP contribution in [0.4, 0.5) is 11.6 Å².